The SMILES string of the molecule is C/C(=N\OCc1ccc(C(F)(F)F)cc1)c1cc2c(C)nn(C)c2nc1OCc1nnn[nH]1. The minimum Gasteiger partial charge on any atom is -0.469 e. The molecule has 1 aromatic carbocycles. The van der Waals surface area contributed by atoms with E-state index in [1.807, 2.05) is 13.0 Å². The molecule has 10 nitrogen and oxygen atoms in total. The summed E-state index contributed by atoms with van der Waals surface area (Å²) in [7, 11) is 1.78. The highest BCUT2D eigenvalue weighted by atomic mass is 19.4. The number of alkyl halides is 3. The van der Waals surface area contributed by atoms with Gasteiger partial charge in [-0.15, -0.1) is 5.10 Å². The topological polar surface area (TPSA) is 116 Å². The molecular weight excluding hydrogens is 441 g/mol. The van der Waals surface area contributed by atoms with Crippen molar-refractivity contribution in [1.29, 1.82) is 0 Å². The average molecular weight is 460 g/mol. The van der Waals surface area contributed by atoms with Crippen LogP contribution in [0.1, 0.15) is 35.1 Å². The molecule has 0 aliphatic heterocycles. The fourth-order valence-corrected chi connectivity index (χ4v) is 3.12. The molecule has 0 unspecified atom stereocenters. The van der Waals surface area contributed by atoms with Crippen LogP contribution in [0, 0.1) is 6.92 Å². The van der Waals surface area contributed by atoms with Crippen molar-refractivity contribution in [3.05, 3.63) is 58.5 Å². The maximum atomic E-state index is 12.7. The van der Waals surface area contributed by atoms with Crippen LogP contribution in [0.3, 0.4) is 0 Å². The van der Waals surface area contributed by atoms with Gasteiger partial charge in [0.1, 0.15) is 6.61 Å². The van der Waals surface area contributed by atoms with Crippen molar-refractivity contribution in [2.45, 2.75) is 33.2 Å². The quantitative estimate of drug-likeness (QED) is 0.332. The van der Waals surface area contributed by atoms with E-state index in [0.717, 1.165) is 23.2 Å². The van der Waals surface area contributed by atoms with Crippen LogP contribution in [-0.4, -0.2) is 41.1 Å². The van der Waals surface area contributed by atoms with Gasteiger partial charge in [-0.1, -0.05) is 17.3 Å². The number of hydrogen-bond acceptors (Lipinski definition) is 8. The Morgan fingerprint density at radius 1 is 1.18 bits per heavy atom. The third-order valence-electron chi connectivity index (χ3n) is 4.80. The van der Waals surface area contributed by atoms with E-state index in [-0.39, 0.29) is 19.1 Å². The minimum atomic E-state index is -4.39. The third kappa shape index (κ3) is 4.91. The molecule has 33 heavy (non-hydrogen) atoms. The molecular formula is C20H19F3N8O2. The van der Waals surface area contributed by atoms with Crippen molar-refractivity contribution >= 4 is 16.7 Å². The zero-order valence-electron chi connectivity index (χ0n) is 17.9. The van der Waals surface area contributed by atoms with Gasteiger partial charge >= 0.3 is 6.18 Å². The molecule has 0 bridgehead atoms. The van der Waals surface area contributed by atoms with Gasteiger partial charge in [0.25, 0.3) is 0 Å². The lowest BCUT2D eigenvalue weighted by atomic mass is 10.1. The number of nitrogens with zero attached hydrogens (tertiary/aromatic N) is 7. The number of hydrogen-bond donors (Lipinski definition) is 1. The smallest absolute Gasteiger partial charge is 0.416 e. The van der Waals surface area contributed by atoms with Crippen molar-refractivity contribution in [2.75, 3.05) is 0 Å². The summed E-state index contributed by atoms with van der Waals surface area (Å²) in [6, 6.07) is 6.55. The first-order valence-corrected chi connectivity index (χ1v) is 9.75. The first-order chi connectivity index (χ1) is 15.7. The van der Waals surface area contributed by atoms with Gasteiger partial charge in [-0.2, -0.15) is 23.3 Å². The molecule has 3 heterocycles. The van der Waals surface area contributed by atoms with Crippen LogP contribution >= 0.6 is 0 Å². The number of aryl methyl sites for hydroxylation is 2. The maximum Gasteiger partial charge on any atom is 0.416 e. The van der Waals surface area contributed by atoms with E-state index in [2.05, 4.69) is 35.9 Å². The Morgan fingerprint density at radius 3 is 2.61 bits per heavy atom. The van der Waals surface area contributed by atoms with Crippen molar-refractivity contribution in [3.8, 4) is 5.88 Å². The second-order valence-corrected chi connectivity index (χ2v) is 7.20. The molecule has 0 aliphatic rings. The lowest BCUT2D eigenvalue weighted by Crippen LogP contribution is -2.07. The number of aromatic amines is 1. The molecule has 0 saturated carbocycles. The van der Waals surface area contributed by atoms with E-state index >= 15 is 0 Å². The minimum absolute atomic E-state index is 0.00298. The molecule has 0 atom stereocenters. The number of benzene rings is 1. The average Bonchev–Trinajstić information content (AvgIpc) is 3.39. The molecule has 0 aliphatic carbocycles. The van der Waals surface area contributed by atoms with Crippen LogP contribution in [0.4, 0.5) is 13.2 Å². The molecule has 4 rings (SSSR count). The number of aromatic nitrogens is 7. The van der Waals surface area contributed by atoms with E-state index in [0.29, 0.717) is 28.3 Å². The standard InChI is InChI=1S/C20H19F3N8O2/c1-11-15-8-16(12(2)28-33-9-13-4-6-14(7-5-13)20(21,22)23)19(24-18(15)31(3)27-11)32-10-17-25-29-30-26-17/h4-8H,9-10H2,1-3H3,(H,25,26,29,30)/b28-12+. The van der Waals surface area contributed by atoms with Gasteiger partial charge in [0, 0.05) is 12.4 Å². The second-order valence-electron chi connectivity index (χ2n) is 7.20. The van der Waals surface area contributed by atoms with Gasteiger partial charge in [-0.05, 0) is 48.0 Å². The fourth-order valence-electron chi connectivity index (χ4n) is 3.12. The Bertz CT molecular complexity index is 1280. The number of fused-ring (bicyclic) bond motifs is 1. The zero-order valence-corrected chi connectivity index (χ0v) is 17.9. The summed E-state index contributed by atoms with van der Waals surface area (Å²) >= 11 is 0. The van der Waals surface area contributed by atoms with Gasteiger partial charge in [0.15, 0.2) is 18.1 Å². The molecule has 3 aromatic heterocycles. The first kappa shape index (κ1) is 22.2. The van der Waals surface area contributed by atoms with Crippen LogP contribution in [-0.2, 0) is 31.3 Å². The molecule has 0 fully saturated rings. The maximum absolute atomic E-state index is 12.7. The number of nitrogens with one attached hydrogen (secondary N) is 1. The number of pyridine rings is 1. The Balaban J connectivity index is 1.56. The van der Waals surface area contributed by atoms with Gasteiger partial charge < -0.3 is 9.57 Å². The van der Waals surface area contributed by atoms with Crippen LogP contribution in [0.15, 0.2) is 35.5 Å². The van der Waals surface area contributed by atoms with Gasteiger partial charge in [0.2, 0.25) is 5.88 Å². The summed E-state index contributed by atoms with van der Waals surface area (Å²) in [5.74, 6) is 0.693. The highest BCUT2D eigenvalue weighted by molar-refractivity contribution is 6.03. The van der Waals surface area contributed by atoms with Crippen LogP contribution in [0.2, 0.25) is 0 Å². The molecule has 0 saturated heterocycles. The molecule has 172 valence electrons. The van der Waals surface area contributed by atoms with E-state index in [1.54, 1.807) is 18.7 Å². The van der Waals surface area contributed by atoms with Crippen molar-refractivity contribution in [3.63, 3.8) is 0 Å². The third-order valence-corrected chi connectivity index (χ3v) is 4.80. The Morgan fingerprint density at radius 2 is 1.94 bits per heavy atom. The van der Waals surface area contributed by atoms with E-state index < -0.39 is 11.7 Å². The normalized spacial score (nSPS) is 12.4. The summed E-state index contributed by atoms with van der Waals surface area (Å²) in [5, 5.41) is 22.7. The zero-order chi connectivity index (χ0) is 23.6. The van der Waals surface area contributed by atoms with Gasteiger partial charge in [-0.3, -0.25) is 4.68 Å². The number of oxime groups is 1. The predicted molar refractivity (Wildman–Crippen MR) is 110 cm³/mol. The Hall–Kier alpha value is -4.03. The molecule has 1 N–H and O–H groups in total. The Labute approximate surface area is 185 Å². The van der Waals surface area contributed by atoms with Crippen molar-refractivity contribution in [1.82, 2.24) is 35.4 Å². The predicted octanol–water partition coefficient (Wildman–Crippen LogP) is 3.33. The van der Waals surface area contributed by atoms with E-state index in [1.165, 1.54) is 12.1 Å². The molecule has 0 amide bonds. The summed E-state index contributed by atoms with van der Waals surface area (Å²) in [6.45, 7) is 3.62. The summed E-state index contributed by atoms with van der Waals surface area (Å²) < 4.78 is 45.6. The lowest BCUT2D eigenvalue weighted by molar-refractivity contribution is -0.137. The van der Waals surface area contributed by atoms with Crippen molar-refractivity contribution in [2.24, 2.45) is 12.2 Å². The molecule has 0 radical (unpaired) electrons. The van der Waals surface area contributed by atoms with Crippen LogP contribution in [0.25, 0.3) is 11.0 Å². The van der Waals surface area contributed by atoms with Crippen LogP contribution < -0.4 is 4.74 Å². The first-order valence-electron chi connectivity index (χ1n) is 9.75. The number of rotatable bonds is 7. The van der Waals surface area contributed by atoms with Gasteiger partial charge in [0.05, 0.1) is 22.5 Å². The van der Waals surface area contributed by atoms with Crippen LogP contribution in [0.5, 0.6) is 5.88 Å². The van der Waals surface area contributed by atoms with E-state index in [4.69, 9.17) is 9.57 Å². The van der Waals surface area contributed by atoms with E-state index in [9.17, 15) is 13.2 Å². The molecule has 13 heteroatoms. The number of tetrazole rings is 1. The second kappa shape index (κ2) is 8.84. The highest BCUT2D eigenvalue weighted by Crippen LogP contribution is 2.29. The molecule has 4 aromatic rings. The summed E-state index contributed by atoms with van der Waals surface area (Å²) in [6.07, 6.45) is -4.39. The van der Waals surface area contributed by atoms with Crippen molar-refractivity contribution < 1.29 is 22.7 Å². The Kier molecular flexibility index (Phi) is 5.94. The number of ether oxygens (including phenoxy) is 1. The number of H-pyrrole nitrogens is 1. The summed E-state index contributed by atoms with van der Waals surface area (Å²) in [5.41, 5.74) is 2.27. The largest absolute Gasteiger partial charge is 0.469 e. The van der Waals surface area contributed by atoms with Gasteiger partial charge in [-0.25, -0.2) is 5.10 Å². The monoisotopic (exact) mass is 460 g/mol. The highest BCUT2D eigenvalue weighted by Gasteiger charge is 2.29. The summed E-state index contributed by atoms with van der Waals surface area (Å²) in [4.78, 5) is 9.95. The lowest BCUT2D eigenvalue weighted by Gasteiger charge is -2.10. The number of halogens is 3. The molecule has 0 spiro atoms. The fraction of sp³-hybridized carbons (Fsp3) is 0.300.